The van der Waals surface area contributed by atoms with E-state index in [2.05, 4.69) is 40.3 Å². The topological polar surface area (TPSA) is 21.3 Å². The van der Waals surface area contributed by atoms with Gasteiger partial charge in [0.1, 0.15) is 11.9 Å². The number of thioether (sulfide) groups is 1. The van der Waals surface area contributed by atoms with E-state index in [4.69, 9.17) is 4.74 Å². The second kappa shape index (κ2) is 5.99. The van der Waals surface area contributed by atoms with E-state index in [1.165, 1.54) is 10.5 Å². The smallest absolute Gasteiger partial charge is 0.133 e. The Kier molecular flexibility index (Phi) is 4.11. The van der Waals surface area contributed by atoms with E-state index in [1.54, 1.807) is 11.3 Å². The van der Waals surface area contributed by atoms with Crippen molar-refractivity contribution in [3.05, 3.63) is 46.7 Å². The molecule has 0 radical (unpaired) electrons. The van der Waals surface area contributed by atoms with Crippen molar-refractivity contribution in [1.29, 1.82) is 0 Å². The fourth-order valence-corrected chi connectivity index (χ4v) is 4.08. The highest BCUT2D eigenvalue weighted by molar-refractivity contribution is 7.99. The van der Waals surface area contributed by atoms with Crippen LogP contribution in [0.15, 0.2) is 46.0 Å². The highest BCUT2D eigenvalue weighted by Crippen LogP contribution is 2.36. The number of likely N-dealkylation sites (N-methyl/N-ethyl adjacent to an activating group) is 1. The normalized spacial score (nSPS) is 19.5. The van der Waals surface area contributed by atoms with Gasteiger partial charge in [-0.1, -0.05) is 12.1 Å². The van der Waals surface area contributed by atoms with E-state index in [0.29, 0.717) is 6.04 Å². The number of para-hydroxylation sites is 1. The molecular weight excluding hydrogens is 274 g/mol. The lowest BCUT2D eigenvalue weighted by atomic mass is 10.0. The van der Waals surface area contributed by atoms with E-state index >= 15 is 0 Å². The molecule has 0 amide bonds. The van der Waals surface area contributed by atoms with Crippen LogP contribution in [0.5, 0.6) is 5.75 Å². The molecule has 2 heterocycles. The van der Waals surface area contributed by atoms with E-state index in [1.807, 2.05) is 24.9 Å². The van der Waals surface area contributed by atoms with Crippen LogP contribution < -0.4 is 10.1 Å². The average molecular weight is 291 g/mol. The maximum absolute atomic E-state index is 6.15. The average Bonchev–Trinajstić information content (AvgIpc) is 2.97. The molecule has 2 atom stereocenters. The molecule has 2 nitrogen and oxygen atoms in total. The van der Waals surface area contributed by atoms with Gasteiger partial charge in [0.2, 0.25) is 0 Å². The molecule has 1 aliphatic heterocycles. The Balaban J connectivity index is 1.72. The molecule has 19 heavy (non-hydrogen) atoms. The number of thiophene rings is 1. The summed E-state index contributed by atoms with van der Waals surface area (Å²) in [5.41, 5.74) is 1.39. The molecule has 0 aliphatic carbocycles. The summed E-state index contributed by atoms with van der Waals surface area (Å²) in [5.74, 6) is 2.03. The minimum atomic E-state index is 0.227. The number of benzene rings is 1. The third-order valence-corrected chi connectivity index (χ3v) is 5.26. The number of hydrogen-bond acceptors (Lipinski definition) is 4. The summed E-state index contributed by atoms with van der Waals surface area (Å²) in [4.78, 5) is 1.25. The van der Waals surface area contributed by atoms with Gasteiger partial charge in [-0.25, -0.2) is 0 Å². The maximum Gasteiger partial charge on any atom is 0.133 e. The lowest BCUT2D eigenvalue weighted by Crippen LogP contribution is -2.45. The van der Waals surface area contributed by atoms with Crippen LogP contribution in [0.25, 0.3) is 0 Å². The van der Waals surface area contributed by atoms with Crippen LogP contribution in [-0.4, -0.2) is 24.9 Å². The monoisotopic (exact) mass is 291 g/mol. The molecule has 0 saturated carbocycles. The quantitative estimate of drug-likeness (QED) is 0.932. The molecule has 2 aromatic rings. The zero-order chi connectivity index (χ0) is 13.1. The van der Waals surface area contributed by atoms with Crippen LogP contribution in [0.3, 0.4) is 0 Å². The second-order valence-corrected chi connectivity index (χ2v) is 6.49. The summed E-state index contributed by atoms with van der Waals surface area (Å²) in [6, 6.07) is 10.8. The highest BCUT2D eigenvalue weighted by Gasteiger charge is 2.27. The standard InChI is InChI=1S/C15H17NOS2/c1-16-12(8-11-6-7-18-9-11)14-10-19-15-5-3-2-4-13(15)17-14/h2-7,9,12,14,16H,8,10H2,1H3. The van der Waals surface area contributed by atoms with Gasteiger partial charge in [0.25, 0.3) is 0 Å². The Bertz CT molecular complexity index is 527. The van der Waals surface area contributed by atoms with Gasteiger partial charge < -0.3 is 10.1 Å². The number of fused-ring (bicyclic) bond motifs is 1. The zero-order valence-corrected chi connectivity index (χ0v) is 12.5. The van der Waals surface area contributed by atoms with Crippen LogP contribution in [0.4, 0.5) is 0 Å². The van der Waals surface area contributed by atoms with Crippen LogP contribution >= 0.6 is 23.1 Å². The van der Waals surface area contributed by atoms with Gasteiger partial charge in [0, 0.05) is 16.7 Å². The van der Waals surface area contributed by atoms with Crippen molar-refractivity contribution in [3.63, 3.8) is 0 Å². The first-order valence-corrected chi connectivity index (χ1v) is 8.36. The summed E-state index contributed by atoms with van der Waals surface area (Å²) in [6.45, 7) is 0. The molecule has 2 unspecified atom stereocenters. The molecular formula is C15H17NOS2. The van der Waals surface area contributed by atoms with Crippen LogP contribution in [-0.2, 0) is 6.42 Å². The first kappa shape index (κ1) is 13.0. The van der Waals surface area contributed by atoms with E-state index < -0.39 is 0 Å². The zero-order valence-electron chi connectivity index (χ0n) is 10.8. The summed E-state index contributed by atoms with van der Waals surface area (Å²) in [5, 5.41) is 7.76. The molecule has 0 fully saturated rings. The SMILES string of the molecule is CNC(Cc1ccsc1)C1CSc2ccccc2O1. The van der Waals surface area contributed by atoms with E-state index in [0.717, 1.165) is 17.9 Å². The maximum atomic E-state index is 6.15. The van der Waals surface area contributed by atoms with Gasteiger partial charge in [0.15, 0.2) is 0 Å². The molecule has 100 valence electrons. The lowest BCUT2D eigenvalue weighted by molar-refractivity contribution is 0.169. The summed E-state index contributed by atoms with van der Waals surface area (Å²) in [7, 11) is 2.02. The Morgan fingerprint density at radius 1 is 1.37 bits per heavy atom. The van der Waals surface area contributed by atoms with Crippen molar-refractivity contribution >= 4 is 23.1 Å². The first-order valence-electron chi connectivity index (χ1n) is 6.43. The number of nitrogens with one attached hydrogen (secondary N) is 1. The Hall–Kier alpha value is -0.970. The van der Waals surface area contributed by atoms with Gasteiger partial charge in [-0.05, 0) is 48.0 Å². The summed E-state index contributed by atoms with van der Waals surface area (Å²) in [6.07, 6.45) is 1.25. The number of ether oxygens (including phenoxy) is 1. The molecule has 0 bridgehead atoms. The largest absolute Gasteiger partial charge is 0.487 e. The van der Waals surface area contributed by atoms with Crippen LogP contribution in [0.2, 0.25) is 0 Å². The first-order chi connectivity index (χ1) is 9.36. The van der Waals surface area contributed by atoms with Crippen molar-refractivity contribution in [1.82, 2.24) is 5.32 Å². The van der Waals surface area contributed by atoms with Gasteiger partial charge >= 0.3 is 0 Å². The Labute approximate surface area is 122 Å². The fourth-order valence-electron chi connectivity index (χ4n) is 2.32. The molecule has 3 rings (SSSR count). The molecule has 4 heteroatoms. The second-order valence-electron chi connectivity index (χ2n) is 4.64. The molecule has 1 aromatic carbocycles. The third-order valence-electron chi connectivity index (χ3n) is 3.39. The van der Waals surface area contributed by atoms with Gasteiger partial charge in [-0.2, -0.15) is 11.3 Å². The summed E-state index contributed by atoms with van der Waals surface area (Å²) >= 11 is 3.64. The van der Waals surface area contributed by atoms with Crippen molar-refractivity contribution in [2.45, 2.75) is 23.5 Å². The molecule has 1 aromatic heterocycles. The Morgan fingerprint density at radius 3 is 3.05 bits per heavy atom. The van der Waals surface area contributed by atoms with Crippen molar-refractivity contribution in [2.75, 3.05) is 12.8 Å². The van der Waals surface area contributed by atoms with Crippen molar-refractivity contribution in [2.24, 2.45) is 0 Å². The molecule has 0 spiro atoms. The number of hydrogen-bond donors (Lipinski definition) is 1. The lowest BCUT2D eigenvalue weighted by Gasteiger charge is -2.31. The van der Waals surface area contributed by atoms with Gasteiger partial charge in [-0.3, -0.25) is 0 Å². The van der Waals surface area contributed by atoms with E-state index in [-0.39, 0.29) is 6.10 Å². The van der Waals surface area contributed by atoms with E-state index in [9.17, 15) is 0 Å². The number of rotatable bonds is 4. The minimum Gasteiger partial charge on any atom is -0.487 e. The van der Waals surface area contributed by atoms with Crippen LogP contribution in [0.1, 0.15) is 5.56 Å². The Morgan fingerprint density at radius 2 is 2.26 bits per heavy atom. The third kappa shape index (κ3) is 2.96. The molecule has 1 aliphatic rings. The van der Waals surface area contributed by atoms with Gasteiger partial charge in [0.05, 0.1) is 0 Å². The van der Waals surface area contributed by atoms with Gasteiger partial charge in [-0.15, -0.1) is 11.8 Å². The predicted octanol–water partition coefficient (Wildman–Crippen LogP) is 3.43. The van der Waals surface area contributed by atoms with Crippen LogP contribution in [0, 0.1) is 0 Å². The highest BCUT2D eigenvalue weighted by atomic mass is 32.2. The predicted molar refractivity (Wildman–Crippen MR) is 82.5 cm³/mol. The van der Waals surface area contributed by atoms with Crippen molar-refractivity contribution < 1.29 is 4.74 Å². The fraction of sp³-hybridized carbons (Fsp3) is 0.333. The summed E-state index contributed by atoms with van der Waals surface area (Å²) < 4.78 is 6.15. The van der Waals surface area contributed by atoms with Crippen molar-refractivity contribution in [3.8, 4) is 5.75 Å². The minimum absolute atomic E-state index is 0.227. The molecule has 1 N–H and O–H groups in total. The molecule has 0 saturated heterocycles.